The van der Waals surface area contributed by atoms with Crippen LogP contribution in [0, 0.1) is 0 Å². The number of nitrogens with one attached hydrogen (secondary N) is 2. The van der Waals surface area contributed by atoms with E-state index < -0.39 is 0 Å². The molecule has 1 aliphatic rings. The zero-order valence-electron chi connectivity index (χ0n) is 17.5. The lowest BCUT2D eigenvalue weighted by Gasteiger charge is -2.31. The first-order valence-electron chi connectivity index (χ1n) is 10.0. The van der Waals surface area contributed by atoms with E-state index in [9.17, 15) is 0 Å². The molecule has 0 radical (unpaired) electrons. The molecule has 2 N–H and O–H groups in total. The highest BCUT2D eigenvalue weighted by molar-refractivity contribution is 7.80. The van der Waals surface area contributed by atoms with Crippen LogP contribution in [0.15, 0.2) is 12.1 Å². The van der Waals surface area contributed by atoms with Crippen molar-refractivity contribution in [1.29, 1.82) is 0 Å². The van der Waals surface area contributed by atoms with E-state index in [2.05, 4.69) is 34.5 Å². The van der Waals surface area contributed by atoms with Crippen molar-refractivity contribution in [3.8, 4) is 11.5 Å². The minimum absolute atomic E-state index is 0.578. The van der Waals surface area contributed by atoms with Gasteiger partial charge in [-0.15, -0.1) is 0 Å². The zero-order chi connectivity index (χ0) is 20.4. The average Bonchev–Trinajstić information content (AvgIpc) is 2.68. The van der Waals surface area contributed by atoms with Gasteiger partial charge in [-0.05, 0) is 53.1 Å². The largest absolute Gasteiger partial charge is 0.492 e. The molecule has 1 fully saturated rings. The molecule has 0 aromatic heterocycles. The van der Waals surface area contributed by atoms with Crippen LogP contribution >= 0.6 is 12.2 Å². The molecule has 0 atom stereocenters. The fourth-order valence-electron chi connectivity index (χ4n) is 3.01. The Hall–Kier alpha value is -1.77. The highest BCUT2D eigenvalue weighted by atomic mass is 32.1. The second kappa shape index (κ2) is 11.9. The van der Waals surface area contributed by atoms with Crippen molar-refractivity contribution in [2.24, 2.45) is 0 Å². The average molecular weight is 411 g/mol. The predicted molar refractivity (Wildman–Crippen MR) is 119 cm³/mol. The van der Waals surface area contributed by atoms with Gasteiger partial charge in [-0.1, -0.05) is 0 Å². The van der Waals surface area contributed by atoms with Crippen LogP contribution in [-0.2, 0) is 4.74 Å². The van der Waals surface area contributed by atoms with Gasteiger partial charge in [0.05, 0.1) is 37.8 Å². The van der Waals surface area contributed by atoms with Crippen LogP contribution in [0.3, 0.4) is 0 Å². The summed E-state index contributed by atoms with van der Waals surface area (Å²) in [6.45, 7) is 10.1. The molecule has 1 heterocycles. The third kappa shape index (κ3) is 7.00. The lowest BCUT2D eigenvalue weighted by Crippen LogP contribution is -2.36. The summed E-state index contributed by atoms with van der Waals surface area (Å²) in [7, 11) is 4.13. The summed E-state index contributed by atoms with van der Waals surface area (Å²) in [6.07, 6.45) is 1.02. The Morgan fingerprint density at radius 2 is 1.82 bits per heavy atom. The van der Waals surface area contributed by atoms with Gasteiger partial charge in [0.25, 0.3) is 0 Å². The molecule has 1 aliphatic heterocycles. The Kier molecular flexibility index (Phi) is 9.60. The molecule has 0 unspecified atom stereocenters. The molecule has 1 saturated heterocycles. The third-order valence-corrected chi connectivity index (χ3v) is 4.57. The van der Waals surface area contributed by atoms with Gasteiger partial charge in [0.15, 0.2) is 5.11 Å². The number of ether oxygens (including phenoxy) is 3. The topological polar surface area (TPSA) is 58.2 Å². The Morgan fingerprint density at radius 1 is 1.14 bits per heavy atom. The van der Waals surface area contributed by atoms with Crippen LogP contribution in [-0.4, -0.2) is 76.7 Å². The van der Waals surface area contributed by atoms with Gasteiger partial charge in [-0.2, -0.15) is 0 Å². The fraction of sp³-hybridized carbons (Fsp3) is 0.650. The van der Waals surface area contributed by atoms with E-state index in [0.717, 1.165) is 68.7 Å². The number of nitrogens with zero attached hydrogens (tertiary/aromatic N) is 2. The maximum absolute atomic E-state index is 5.92. The van der Waals surface area contributed by atoms with Gasteiger partial charge in [0.1, 0.15) is 11.5 Å². The van der Waals surface area contributed by atoms with Crippen LogP contribution in [0.25, 0.3) is 0 Å². The van der Waals surface area contributed by atoms with Crippen LogP contribution in [0.5, 0.6) is 11.5 Å². The van der Waals surface area contributed by atoms with E-state index in [1.165, 1.54) is 0 Å². The second-order valence-corrected chi connectivity index (χ2v) is 7.23. The van der Waals surface area contributed by atoms with Crippen LogP contribution in [0.2, 0.25) is 0 Å². The van der Waals surface area contributed by atoms with Gasteiger partial charge in [0, 0.05) is 31.8 Å². The van der Waals surface area contributed by atoms with Crippen molar-refractivity contribution >= 4 is 28.7 Å². The SMILES string of the molecule is CCOc1cc(N2CCOCC2)c(OCC)cc1NC(=S)NCCCN(C)C. The summed E-state index contributed by atoms with van der Waals surface area (Å²) in [6, 6.07) is 4.02. The van der Waals surface area contributed by atoms with Gasteiger partial charge in [-0.25, -0.2) is 0 Å². The van der Waals surface area contributed by atoms with Crippen molar-refractivity contribution in [2.75, 3.05) is 76.9 Å². The first kappa shape index (κ1) is 22.5. The Labute approximate surface area is 174 Å². The summed E-state index contributed by atoms with van der Waals surface area (Å²) >= 11 is 5.47. The predicted octanol–water partition coefficient (Wildman–Crippen LogP) is 2.56. The number of morpholine rings is 1. The molecule has 0 saturated carbocycles. The van der Waals surface area contributed by atoms with Crippen LogP contribution in [0.4, 0.5) is 11.4 Å². The Balaban J connectivity index is 2.14. The van der Waals surface area contributed by atoms with Crippen molar-refractivity contribution in [1.82, 2.24) is 10.2 Å². The molecule has 8 heteroatoms. The Bertz CT molecular complexity index is 622. The number of rotatable bonds is 10. The summed E-state index contributed by atoms with van der Waals surface area (Å²) in [5, 5.41) is 7.11. The highest BCUT2D eigenvalue weighted by Gasteiger charge is 2.20. The van der Waals surface area contributed by atoms with Crippen molar-refractivity contribution < 1.29 is 14.2 Å². The second-order valence-electron chi connectivity index (χ2n) is 6.82. The maximum atomic E-state index is 5.92. The molecule has 0 bridgehead atoms. The standard InChI is InChI=1S/C20H34N4O3S/c1-5-26-18-15-17(24-10-12-25-13-11-24)19(27-6-2)14-16(18)22-20(28)21-8-7-9-23(3)4/h14-15H,5-13H2,1-4H3,(H2,21,22,28). The smallest absolute Gasteiger partial charge is 0.170 e. The monoisotopic (exact) mass is 410 g/mol. The quantitative estimate of drug-likeness (QED) is 0.451. The van der Waals surface area contributed by atoms with Crippen molar-refractivity contribution in [2.45, 2.75) is 20.3 Å². The molecule has 0 spiro atoms. The van der Waals surface area contributed by atoms with Crippen LogP contribution in [0.1, 0.15) is 20.3 Å². The molecule has 158 valence electrons. The molecular formula is C20H34N4O3S. The minimum atomic E-state index is 0.578. The van der Waals surface area contributed by atoms with Crippen molar-refractivity contribution in [3.05, 3.63) is 12.1 Å². The van der Waals surface area contributed by atoms with Gasteiger partial charge < -0.3 is 34.6 Å². The lowest BCUT2D eigenvalue weighted by molar-refractivity contribution is 0.122. The van der Waals surface area contributed by atoms with E-state index in [1.54, 1.807) is 0 Å². The van der Waals surface area contributed by atoms with Crippen molar-refractivity contribution in [3.63, 3.8) is 0 Å². The molecule has 0 aliphatic carbocycles. The minimum Gasteiger partial charge on any atom is -0.492 e. The zero-order valence-corrected chi connectivity index (χ0v) is 18.4. The number of anilines is 2. The van der Waals surface area contributed by atoms with E-state index in [0.29, 0.717) is 18.3 Å². The van der Waals surface area contributed by atoms with E-state index in [4.69, 9.17) is 26.4 Å². The first-order valence-corrected chi connectivity index (χ1v) is 10.4. The summed E-state index contributed by atoms with van der Waals surface area (Å²) in [5.74, 6) is 1.59. The highest BCUT2D eigenvalue weighted by Crippen LogP contribution is 2.39. The summed E-state index contributed by atoms with van der Waals surface area (Å²) < 4.78 is 17.3. The molecule has 1 aromatic rings. The Morgan fingerprint density at radius 3 is 2.46 bits per heavy atom. The summed E-state index contributed by atoms with van der Waals surface area (Å²) in [5.41, 5.74) is 1.84. The van der Waals surface area contributed by atoms with Crippen LogP contribution < -0.4 is 25.0 Å². The third-order valence-electron chi connectivity index (χ3n) is 4.33. The fourth-order valence-corrected chi connectivity index (χ4v) is 3.22. The molecule has 28 heavy (non-hydrogen) atoms. The van der Waals surface area contributed by atoms with Gasteiger partial charge in [-0.3, -0.25) is 0 Å². The molecular weight excluding hydrogens is 376 g/mol. The number of thiocarbonyl (C=S) groups is 1. The molecule has 1 aromatic carbocycles. The van der Waals surface area contributed by atoms with E-state index in [1.807, 2.05) is 26.0 Å². The van der Waals surface area contributed by atoms with E-state index >= 15 is 0 Å². The first-order chi connectivity index (χ1) is 13.5. The molecule has 2 rings (SSSR count). The number of hydrogen-bond acceptors (Lipinski definition) is 6. The normalized spacial score (nSPS) is 14.1. The van der Waals surface area contributed by atoms with Gasteiger partial charge >= 0.3 is 0 Å². The van der Waals surface area contributed by atoms with E-state index in [-0.39, 0.29) is 0 Å². The maximum Gasteiger partial charge on any atom is 0.170 e. The van der Waals surface area contributed by atoms with Gasteiger partial charge in [0.2, 0.25) is 0 Å². The number of hydrogen-bond donors (Lipinski definition) is 2. The summed E-state index contributed by atoms with van der Waals surface area (Å²) in [4.78, 5) is 4.43. The molecule has 7 nitrogen and oxygen atoms in total. The molecule has 0 amide bonds. The number of benzene rings is 1. The lowest BCUT2D eigenvalue weighted by atomic mass is 10.2.